The van der Waals surface area contributed by atoms with Crippen molar-refractivity contribution >= 4 is 21.8 Å². The average molecular weight is 326 g/mol. The standard InChI is InChI=1S/C15H20BrNO2/c1-10-7-11(9-12(16)8-10)15(18)17-13-3-5-14(19-2)6-4-13/h7-9,13-14H,3-6H2,1-2H3,(H,17,18). The summed E-state index contributed by atoms with van der Waals surface area (Å²) in [4.78, 5) is 12.2. The molecule has 0 heterocycles. The number of hydrogen-bond donors (Lipinski definition) is 1. The van der Waals surface area contributed by atoms with Gasteiger partial charge in [0.25, 0.3) is 5.91 Å². The lowest BCUT2D eigenvalue weighted by molar-refractivity contribution is 0.0599. The Morgan fingerprint density at radius 1 is 1.26 bits per heavy atom. The Morgan fingerprint density at radius 2 is 1.95 bits per heavy atom. The molecule has 104 valence electrons. The van der Waals surface area contributed by atoms with Crippen LogP contribution in [0.1, 0.15) is 41.6 Å². The molecule has 4 heteroatoms. The number of nitrogens with one attached hydrogen (secondary N) is 1. The Hall–Kier alpha value is -0.870. The molecule has 1 aromatic carbocycles. The zero-order chi connectivity index (χ0) is 13.8. The third kappa shape index (κ3) is 4.05. The summed E-state index contributed by atoms with van der Waals surface area (Å²) in [6.45, 7) is 1.99. The van der Waals surface area contributed by atoms with E-state index in [1.807, 2.05) is 25.1 Å². The van der Waals surface area contributed by atoms with E-state index in [1.165, 1.54) is 0 Å². The van der Waals surface area contributed by atoms with Gasteiger partial charge in [0, 0.05) is 23.2 Å². The molecule has 3 nitrogen and oxygen atoms in total. The van der Waals surface area contributed by atoms with Crippen LogP contribution < -0.4 is 5.32 Å². The minimum absolute atomic E-state index is 0.0188. The molecule has 1 fully saturated rings. The molecular weight excluding hydrogens is 306 g/mol. The molecule has 0 radical (unpaired) electrons. The van der Waals surface area contributed by atoms with Crippen LogP contribution in [0.15, 0.2) is 22.7 Å². The Kier molecular flexibility index (Phi) is 4.99. The van der Waals surface area contributed by atoms with Crippen LogP contribution in [0.4, 0.5) is 0 Å². The molecule has 1 saturated carbocycles. The zero-order valence-corrected chi connectivity index (χ0v) is 13.0. The second-order valence-corrected chi connectivity index (χ2v) is 6.12. The van der Waals surface area contributed by atoms with Gasteiger partial charge >= 0.3 is 0 Å². The Labute approximate surface area is 122 Å². The summed E-state index contributed by atoms with van der Waals surface area (Å²) in [5, 5.41) is 3.12. The largest absolute Gasteiger partial charge is 0.381 e. The molecule has 2 rings (SSSR count). The quantitative estimate of drug-likeness (QED) is 0.924. The maximum atomic E-state index is 12.2. The van der Waals surface area contributed by atoms with Gasteiger partial charge in [-0.2, -0.15) is 0 Å². The van der Waals surface area contributed by atoms with Crippen molar-refractivity contribution in [2.24, 2.45) is 0 Å². The van der Waals surface area contributed by atoms with E-state index >= 15 is 0 Å². The molecule has 0 saturated heterocycles. The molecule has 0 aromatic heterocycles. The van der Waals surface area contributed by atoms with Gasteiger partial charge in [0.05, 0.1) is 6.10 Å². The van der Waals surface area contributed by atoms with Crippen LogP contribution in [0.25, 0.3) is 0 Å². The summed E-state index contributed by atoms with van der Waals surface area (Å²) >= 11 is 3.43. The van der Waals surface area contributed by atoms with Crippen molar-refractivity contribution in [3.8, 4) is 0 Å². The van der Waals surface area contributed by atoms with Gasteiger partial charge in [-0.3, -0.25) is 4.79 Å². The molecule has 0 spiro atoms. The summed E-state index contributed by atoms with van der Waals surface area (Å²) < 4.78 is 6.29. The lowest BCUT2D eigenvalue weighted by Gasteiger charge is -2.28. The first-order valence-electron chi connectivity index (χ1n) is 6.69. The highest BCUT2D eigenvalue weighted by Gasteiger charge is 2.22. The lowest BCUT2D eigenvalue weighted by atomic mass is 9.92. The van der Waals surface area contributed by atoms with Crippen molar-refractivity contribution in [2.45, 2.75) is 44.8 Å². The Bertz CT molecular complexity index is 433. The van der Waals surface area contributed by atoms with Crippen LogP contribution in [-0.4, -0.2) is 25.2 Å². The number of ether oxygens (including phenoxy) is 1. The van der Waals surface area contributed by atoms with Crippen molar-refractivity contribution in [1.82, 2.24) is 5.32 Å². The van der Waals surface area contributed by atoms with Crippen molar-refractivity contribution in [3.63, 3.8) is 0 Å². The second-order valence-electron chi connectivity index (χ2n) is 5.20. The van der Waals surface area contributed by atoms with Gasteiger partial charge in [-0.1, -0.05) is 15.9 Å². The summed E-state index contributed by atoms with van der Waals surface area (Å²) in [6.07, 6.45) is 4.41. The van der Waals surface area contributed by atoms with Crippen molar-refractivity contribution in [1.29, 1.82) is 0 Å². The topological polar surface area (TPSA) is 38.3 Å². The third-order valence-corrected chi connectivity index (χ3v) is 4.10. The Balaban J connectivity index is 1.94. The highest BCUT2D eigenvalue weighted by atomic mass is 79.9. The van der Waals surface area contributed by atoms with Gasteiger partial charge < -0.3 is 10.1 Å². The van der Waals surface area contributed by atoms with E-state index in [-0.39, 0.29) is 11.9 Å². The molecule has 0 atom stereocenters. The van der Waals surface area contributed by atoms with Gasteiger partial charge in [-0.05, 0) is 56.4 Å². The van der Waals surface area contributed by atoms with E-state index in [1.54, 1.807) is 7.11 Å². The number of aryl methyl sites for hydroxylation is 1. The predicted octanol–water partition coefficient (Wildman–Crippen LogP) is 3.44. The van der Waals surface area contributed by atoms with E-state index in [2.05, 4.69) is 21.2 Å². The number of rotatable bonds is 3. The fourth-order valence-corrected chi connectivity index (χ4v) is 3.19. The van der Waals surface area contributed by atoms with Crippen LogP contribution in [0.3, 0.4) is 0 Å². The molecule has 1 aliphatic carbocycles. The average Bonchev–Trinajstić information content (AvgIpc) is 2.38. The smallest absolute Gasteiger partial charge is 0.251 e. The van der Waals surface area contributed by atoms with Crippen molar-refractivity contribution in [2.75, 3.05) is 7.11 Å². The van der Waals surface area contributed by atoms with E-state index < -0.39 is 0 Å². The minimum atomic E-state index is 0.0188. The molecule has 1 aliphatic rings. The molecule has 0 unspecified atom stereocenters. The van der Waals surface area contributed by atoms with Gasteiger partial charge in [0.1, 0.15) is 0 Å². The van der Waals surface area contributed by atoms with Crippen LogP contribution >= 0.6 is 15.9 Å². The number of carbonyl (C=O) groups is 1. The maximum Gasteiger partial charge on any atom is 0.251 e. The first kappa shape index (κ1) is 14.5. The van der Waals surface area contributed by atoms with Gasteiger partial charge in [-0.15, -0.1) is 0 Å². The van der Waals surface area contributed by atoms with Crippen molar-refractivity contribution < 1.29 is 9.53 Å². The number of methoxy groups -OCH3 is 1. The van der Waals surface area contributed by atoms with E-state index in [0.717, 1.165) is 41.3 Å². The number of amides is 1. The fraction of sp³-hybridized carbons (Fsp3) is 0.533. The van der Waals surface area contributed by atoms with Crippen LogP contribution in [0, 0.1) is 6.92 Å². The van der Waals surface area contributed by atoms with Gasteiger partial charge in [0.2, 0.25) is 0 Å². The molecule has 19 heavy (non-hydrogen) atoms. The van der Waals surface area contributed by atoms with Crippen LogP contribution in [0.2, 0.25) is 0 Å². The second kappa shape index (κ2) is 6.53. The molecular formula is C15H20BrNO2. The van der Waals surface area contributed by atoms with Crippen molar-refractivity contribution in [3.05, 3.63) is 33.8 Å². The van der Waals surface area contributed by atoms with E-state index in [4.69, 9.17) is 4.74 Å². The molecule has 0 aliphatic heterocycles. The fourth-order valence-electron chi connectivity index (χ4n) is 2.58. The first-order valence-corrected chi connectivity index (χ1v) is 7.48. The minimum Gasteiger partial charge on any atom is -0.381 e. The normalized spacial score (nSPS) is 23.1. The van der Waals surface area contributed by atoms with Gasteiger partial charge in [-0.25, -0.2) is 0 Å². The summed E-state index contributed by atoms with van der Waals surface area (Å²) in [5.74, 6) is 0.0188. The third-order valence-electron chi connectivity index (χ3n) is 3.65. The molecule has 1 amide bonds. The predicted molar refractivity (Wildman–Crippen MR) is 79.4 cm³/mol. The molecule has 1 N–H and O–H groups in total. The monoisotopic (exact) mass is 325 g/mol. The lowest BCUT2D eigenvalue weighted by Crippen LogP contribution is -2.38. The van der Waals surface area contributed by atoms with Crippen LogP contribution in [-0.2, 0) is 4.74 Å². The molecule has 0 bridgehead atoms. The summed E-state index contributed by atoms with van der Waals surface area (Å²) in [6, 6.07) is 6.06. The SMILES string of the molecule is COC1CCC(NC(=O)c2cc(C)cc(Br)c2)CC1. The van der Waals surface area contributed by atoms with Gasteiger partial charge in [0.15, 0.2) is 0 Å². The number of halogens is 1. The number of benzene rings is 1. The highest BCUT2D eigenvalue weighted by molar-refractivity contribution is 9.10. The van der Waals surface area contributed by atoms with E-state index in [9.17, 15) is 4.79 Å². The van der Waals surface area contributed by atoms with Crippen LogP contribution in [0.5, 0.6) is 0 Å². The summed E-state index contributed by atoms with van der Waals surface area (Å²) in [7, 11) is 1.76. The number of carbonyl (C=O) groups excluding carboxylic acids is 1. The molecule has 1 aromatic rings. The summed E-state index contributed by atoms with van der Waals surface area (Å²) in [5.41, 5.74) is 1.81. The highest BCUT2D eigenvalue weighted by Crippen LogP contribution is 2.21. The Morgan fingerprint density at radius 3 is 2.53 bits per heavy atom. The number of hydrogen-bond acceptors (Lipinski definition) is 2. The maximum absolute atomic E-state index is 12.2. The zero-order valence-electron chi connectivity index (χ0n) is 11.4. The van der Waals surface area contributed by atoms with E-state index in [0.29, 0.717) is 6.10 Å². The first-order chi connectivity index (χ1) is 9.08.